The second kappa shape index (κ2) is 8.82. The molecule has 0 saturated carbocycles. The monoisotopic (exact) mass is 402 g/mol. The van der Waals surface area contributed by atoms with Gasteiger partial charge in [0.2, 0.25) is 5.91 Å². The number of halogens is 1. The Labute approximate surface area is 167 Å². The Hall–Kier alpha value is -3.27. The van der Waals surface area contributed by atoms with E-state index in [2.05, 4.69) is 26.4 Å². The number of nitrogens with one attached hydrogen (secondary N) is 4. The number of carbonyl (C=O) groups excluding carboxylic acids is 3. The Morgan fingerprint density at radius 2 is 2.00 bits per heavy atom. The van der Waals surface area contributed by atoms with Crippen LogP contribution in [-0.2, 0) is 20.9 Å². The van der Waals surface area contributed by atoms with Gasteiger partial charge in [-0.1, -0.05) is 19.1 Å². The quantitative estimate of drug-likeness (QED) is 0.555. The number of hydrogen-bond acceptors (Lipinski definition) is 5. The Bertz CT molecular complexity index is 911. The van der Waals surface area contributed by atoms with Crippen molar-refractivity contribution in [3.8, 4) is 0 Å². The van der Waals surface area contributed by atoms with E-state index in [1.54, 1.807) is 13.0 Å². The molecule has 0 radical (unpaired) electrons. The lowest BCUT2D eigenvalue weighted by atomic mass is 10.1. The first-order chi connectivity index (χ1) is 13.9. The molecule has 1 aliphatic heterocycles. The van der Waals surface area contributed by atoms with Crippen molar-refractivity contribution >= 4 is 23.5 Å². The van der Waals surface area contributed by atoms with Gasteiger partial charge in [0.1, 0.15) is 11.6 Å². The molecule has 9 nitrogen and oxygen atoms in total. The van der Waals surface area contributed by atoms with Crippen LogP contribution in [-0.4, -0.2) is 33.5 Å². The van der Waals surface area contributed by atoms with Crippen LogP contribution in [0.15, 0.2) is 30.3 Å². The van der Waals surface area contributed by atoms with Gasteiger partial charge in [0, 0.05) is 25.1 Å². The van der Waals surface area contributed by atoms with Crippen molar-refractivity contribution in [2.75, 3.05) is 5.32 Å². The third-order valence-corrected chi connectivity index (χ3v) is 4.53. The molecule has 2 unspecified atom stereocenters. The van der Waals surface area contributed by atoms with Gasteiger partial charge in [-0.3, -0.25) is 19.7 Å². The molecule has 3 amide bonds. The number of rotatable bonds is 5. The number of aromatic nitrogens is 2. The predicted molar refractivity (Wildman–Crippen MR) is 103 cm³/mol. The molecule has 10 heteroatoms. The topological polar surface area (TPSA) is 117 Å². The zero-order valence-corrected chi connectivity index (χ0v) is 16.2. The van der Waals surface area contributed by atoms with Gasteiger partial charge in [-0.15, -0.1) is 0 Å². The highest BCUT2D eigenvalue weighted by molar-refractivity contribution is 6.39. The summed E-state index contributed by atoms with van der Waals surface area (Å²) in [4.78, 5) is 36.3. The molecule has 29 heavy (non-hydrogen) atoms. The zero-order chi connectivity index (χ0) is 21.0. The molecular weight excluding hydrogens is 379 g/mol. The van der Waals surface area contributed by atoms with E-state index in [1.165, 1.54) is 28.9 Å². The minimum Gasteiger partial charge on any atom is -0.344 e. The van der Waals surface area contributed by atoms with Gasteiger partial charge in [0.25, 0.3) is 0 Å². The fourth-order valence-corrected chi connectivity index (χ4v) is 3.00. The van der Waals surface area contributed by atoms with Crippen molar-refractivity contribution in [1.82, 2.24) is 25.7 Å². The summed E-state index contributed by atoms with van der Waals surface area (Å²) >= 11 is 0. The molecule has 3 rings (SSSR count). The van der Waals surface area contributed by atoms with E-state index in [9.17, 15) is 18.8 Å². The van der Waals surface area contributed by atoms with Crippen LogP contribution in [0.1, 0.15) is 37.3 Å². The standard InChI is InChI=1S/C19H23FN6O3/c1-3-14-9-16(27)24-19(22-14)26-15(8-11(2)25-26)23-18(29)17(28)21-10-12-4-6-13(20)7-5-12/h4-8,14,19,22H,3,9-10H2,1-2H3,(H,21,28)(H,23,29)(H,24,27). The second-order valence-corrected chi connectivity index (χ2v) is 6.82. The largest absolute Gasteiger partial charge is 0.344 e. The van der Waals surface area contributed by atoms with Crippen LogP contribution < -0.4 is 21.3 Å². The van der Waals surface area contributed by atoms with Crippen molar-refractivity contribution in [3.63, 3.8) is 0 Å². The summed E-state index contributed by atoms with van der Waals surface area (Å²) in [6, 6.07) is 7.19. The third-order valence-electron chi connectivity index (χ3n) is 4.53. The van der Waals surface area contributed by atoms with Crippen molar-refractivity contribution in [3.05, 3.63) is 47.4 Å². The highest BCUT2D eigenvalue weighted by Gasteiger charge is 2.28. The average molecular weight is 402 g/mol. The van der Waals surface area contributed by atoms with Gasteiger partial charge >= 0.3 is 11.8 Å². The lowest BCUT2D eigenvalue weighted by Crippen LogP contribution is -2.53. The average Bonchev–Trinajstić information content (AvgIpc) is 3.06. The first-order valence-corrected chi connectivity index (χ1v) is 9.31. The number of aryl methyl sites for hydroxylation is 1. The van der Waals surface area contributed by atoms with Crippen LogP contribution in [0.3, 0.4) is 0 Å². The van der Waals surface area contributed by atoms with E-state index in [1.807, 2.05) is 6.92 Å². The predicted octanol–water partition coefficient (Wildman–Crippen LogP) is 0.930. The minimum atomic E-state index is -0.873. The van der Waals surface area contributed by atoms with Gasteiger partial charge in [-0.25, -0.2) is 9.07 Å². The molecule has 2 aromatic rings. The molecule has 0 spiro atoms. The van der Waals surface area contributed by atoms with Crippen molar-refractivity contribution in [2.24, 2.45) is 0 Å². The Morgan fingerprint density at radius 1 is 1.28 bits per heavy atom. The van der Waals surface area contributed by atoms with Crippen molar-refractivity contribution in [2.45, 2.75) is 45.6 Å². The van der Waals surface area contributed by atoms with Gasteiger partial charge in [0.15, 0.2) is 6.29 Å². The summed E-state index contributed by atoms with van der Waals surface area (Å²) in [5.74, 6) is -1.94. The van der Waals surface area contributed by atoms with E-state index >= 15 is 0 Å². The summed E-state index contributed by atoms with van der Waals surface area (Å²) < 4.78 is 14.4. The van der Waals surface area contributed by atoms with Gasteiger partial charge in [-0.05, 0) is 31.0 Å². The van der Waals surface area contributed by atoms with Gasteiger partial charge in [-0.2, -0.15) is 5.10 Å². The summed E-state index contributed by atoms with van der Waals surface area (Å²) in [6.07, 6.45) is 0.491. The minimum absolute atomic E-state index is 0.0131. The molecule has 0 aliphatic carbocycles. The van der Waals surface area contributed by atoms with E-state index in [-0.39, 0.29) is 30.1 Å². The molecular formula is C19H23FN6O3. The van der Waals surface area contributed by atoms with Crippen LogP contribution >= 0.6 is 0 Å². The van der Waals surface area contributed by atoms with E-state index < -0.39 is 18.1 Å². The number of carbonyl (C=O) groups is 3. The maximum atomic E-state index is 12.9. The van der Waals surface area contributed by atoms with Crippen molar-refractivity contribution < 1.29 is 18.8 Å². The number of amides is 3. The van der Waals surface area contributed by atoms with Crippen LogP contribution in [0, 0.1) is 12.7 Å². The molecule has 1 aromatic carbocycles. The molecule has 2 heterocycles. The van der Waals surface area contributed by atoms with Crippen molar-refractivity contribution in [1.29, 1.82) is 0 Å². The summed E-state index contributed by atoms with van der Waals surface area (Å²) in [7, 11) is 0. The van der Waals surface area contributed by atoms with Gasteiger partial charge in [0.05, 0.1) is 5.69 Å². The summed E-state index contributed by atoms with van der Waals surface area (Å²) in [5, 5.41) is 15.3. The second-order valence-electron chi connectivity index (χ2n) is 6.82. The van der Waals surface area contributed by atoms with Crippen LogP contribution in [0.25, 0.3) is 0 Å². The van der Waals surface area contributed by atoms with E-state index in [4.69, 9.17) is 0 Å². The third kappa shape index (κ3) is 5.17. The number of benzene rings is 1. The maximum absolute atomic E-state index is 12.9. The highest BCUT2D eigenvalue weighted by atomic mass is 19.1. The fraction of sp³-hybridized carbons (Fsp3) is 0.368. The first kappa shape index (κ1) is 20.5. The molecule has 154 valence electrons. The smallest absolute Gasteiger partial charge is 0.314 e. The fourth-order valence-electron chi connectivity index (χ4n) is 3.00. The zero-order valence-electron chi connectivity index (χ0n) is 16.2. The lowest BCUT2D eigenvalue weighted by Gasteiger charge is -2.31. The van der Waals surface area contributed by atoms with Crippen LogP contribution in [0.4, 0.5) is 10.2 Å². The Balaban J connectivity index is 1.65. The van der Waals surface area contributed by atoms with E-state index in [0.29, 0.717) is 17.7 Å². The molecule has 1 fully saturated rings. The van der Waals surface area contributed by atoms with Gasteiger partial charge < -0.3 is 16.0 Å². The maximum Gasteiger partial charge on any atom is 0.314 e. The molecule has 1 aromatic heterocycles. The first-order valence-electron chi connectivity index (χ1n) is 9.31. The molecule has 2 atom stereocenters. The number of nitrogens with zero attached hydrogens (tertiary/aromatic N) is 2. The SMILES string of the molecule is CCC1CC(=O)NC(n2nc(C)cc2NC(=O)C(=O)NCc2ccc(F)cc2)N1. The number of hydrogen-bond donors (Lipinski definition) is 4. The molecule has 4 N–H and O–H groups in total. The molecule has 0 bridgehead atoms. The lowest BCUT2D eigenvalue weighted by molar-refractivity contribution is -0.136. The van der Waals surface area contributed by atoms with E-state index in [0.717, 1.165) is 6.42 Å². The number of anilines is 1. The Morgan fingerprint density at radius 3 is 2.69 bits per heavy atom. The Kier molecular flexibility index (Phi) is 6.23. The van der Waals surface area contributed by atoms with Crippen LogP contribution in [0.2, 0.25) is 0 Å². The molecule has 1 aliphatic rings. The normalized spacial score (nSPS) is 18.8. The molecule has 1 saturated heterocycles. The van der Waals surface area contributed by atoms with Crippen LogP contribution in [0.5, 0.6) is 0 Å². The summed E-state index contributed by atoms with van der Waals surface area (Å²) in [5.41, 5.74) is 1.27. The highest BCUT2D eigenvalue weighted by Crippen LogP contribution is 2.18. The summed E-state index contributed by atoms with van der Waals surface area (Å²) in [6.45, 7) is 3.79.